The summed E-state index contributed by atoms with van der Waals surface area (Å²) in [6.07, 6.45) is 0. The number of hydrogen-bond donors (Lipinski definition) is 0. The molecule has 0 fully saturated rings. The zero-order chi connectivity index (χ0) is 10.1. The van der Waals surface area contributed by atoms with Crippen LogP contribution in [-0.4, -0.2) is 5.51 Å². The highest BCUT2D eigenvalue weighted by atomic mass is 32.2. The van der Waals surface area contributed by atoms with Crippen LogP contribution in [0.4, 0.5) is 17.6 Å². The highest BCUT2D eigenvalue weighted by Gasteiger charge is 2.30. The average Bonchev–Trinajstić information content (AvgIpc) is 1.96. The number of benzene rings is 1. The van der Waals surface area contributed by atoms with Gasteiger partial charge in [-0.1, -0.05) is 12.1 Å². The zero-order valence-electron chi connectivity index (χ0n) is 6.36. The summed E-state index contributed by atoms with van der Waals surface area (Å²) in [6, 6.07) is 3.72. The molecule has 5 heteroatoms. The van der Waals surface area contributed by atoms with Gasteiger partial charge < -0.3 is 0 Å². The average molecular weight is 209 g/mol. The van der Waals surface area contributed by atoms with E-state index in [-0.39, 0.29) is 5.56 Å². The molecule has 0 N–H and O–H groups in total. The third kappa shape index (κ3) is 2.91. The lowest BCUT2D eigenvalue weighted by Crippen LogP contribution is -2.00. The fourth-order valence-corrected chi connectivity index (χ4v) is 1.38. The molecular weight excluding hydrogens is 204 g/mol. The number of rotatable bonds is 1. The summed E-state index contributed by atoms with van der Waals surface area (Å²) in [6.45, 7) is 3.26. The molecule has 0 saturated heterocycles. The van der Waals surface area contributed by atoms with Crippen molar-refractivity contribution in [1.82, 2.24) is 0 Å². The maximum absolute atomic E-state index is 12.9. The number of hydrogen-bond acceptors (Lipinski definition) is 1. The van der Waals surface area contributed by atoms with Crippen molar-refractivity contribution in [2.45, 2.75) is 10.4 Å². The van der Waals surface area contributed by atoms with E-state index in [0.717, 1.165) is 6.07 Å². The fourth-order valence-electron chi connectivity index (χ4n) is 0.760. The minimum atomic E-state index is -4.46. The Kier molecular flexibility index (Phi) is 2.85. The van der Waals surface area contributed by atoms with Crippen LogP contribution >= 0.6 is 11.8 Å². The van der Waals surface area contributed by atoms with Crippen LogP contribution in [0.2, 0.25) is 0 Å². The highest BCUT2D eigenvalue weighted by Crippen LogP contribution is 2.38. The van der Waals surface area contributed by atoms with Crippen LogP contribution < -0.4 is 0 Å². The van der Waals surface area contributed by atoms with Crippen molar-refractivity contribution >= 4 is 11.8 Å². The predicted molar refractivity (Wildman–Crippen MR) is 42.8 cm³/mol. The molecular formula is C8H5F4S. The number of halogens is 4. The van der Waals surface area contributed by atoms with Crippen molar-refractivity contribution in [3.8, 4) is 0 Å². The van der Waals surface area contributed by atoms with Crippen molar-refractivity contribution in [3.05, 3.63) is 36.5 Å². The van der Waals surface area contributed by atoms with E-state index in [1.54, 1.807) is 0 Å². The summed E-state index contributed by atoms with van der Waals surface area (Å²) in [5.74, 6) is -0.912. The van der Waals surface area contributed by atoms with E-state index >= 15 is 0 Å². The Morgan fingerprint density at radius 1 is 1.23 bits per heavy atom. The van der Waals surface area contributed by atoms with Gasteiger partial charge in [0.2, 0.25) is 0 Å². The standard InChI is InChI=1S/C8H5F4S/c1-5-3-2-4-6(7(5)9)13-8(10,11)12/h2-4H,1H2. The smallest absolute Gasteiger partial charge is 0.205 e. The lowest BCUT2D eigenvalue weighted by atomic mass is 10.2. The molecule has 0 amide bonds. The Balaban J connectivity index is 2.96. The van der Waals surface area contributed by atoms with E-state index in [2.05, 4.69) is 6.92 Å². The first-order valence-electron chi connectivity index (χ1n) is 3.26. The van der Waals surface area contributed by atoms with Gasteiger partial charge in [-0.2, -0.15) is 13.2 Å². The molecule has 0 nitrogen and oxygen atoms in total. The van der Waals surface area contributed by atoms with Gasteiger partial charge in [-0.3, -0.25) is 0 Å². The van der Waals surface area contributed by atoms with Crippen LogP contribution in [0, 0.1) is 12.7 Å². The van der Waals surface area contributed by atoms with Crippen LogP contribution in [0.1, 0.15) is 5.56 Å². The Bertz CT molecular complexity index is 306. The first-order valence-corrected chi connectivity index (χ1v) is 4.08. The maximum atomic E-state index is 12.9. The van der Waals surface area contributed by atoms with Crippen molar-refractivity contribution in [3.63, 3.8) is 0 Å². The summed E-state index contributed by atoms with van der Waals surface area (Å²) >= 11 is -0.473. The van der Waals surface area contributed by atoms with E-state index in [0.29, 0.717) is 0 Å². The van der Waals surface area contributed by atoms with E-state index in [1.165, 1.54) is 12.1 Å². The first kappa shape index (κ1) is 10.4. The lowest BCUT2D eigenvalue weighted by Gasteiger charge is -2.07. The molecule has 1 rings (SSSR count). The number of alkyl halides is 3. The van der Waals surface area contributed by atoms with Gasteiger partial charge in [0.25, 0.3) is 0 Å². The molecule has 0 spiro atoms. The van der Waals surface area contributed by atoms with E-state index < -0.39 is 28.0 Å². The van der Waals surface area contributed by atoms with Crippen LogP contribution in [-0.2, 0) is 0 Å². The molecule has 0 aliphatic heterocycles. The fraction of sp³-hybridized carbons (Fsp3) is 0.125. The Morgan fingerprint density at radius 2 is 1.85 bits per heavy atom. The van der Waals surface area contributed by atoms with Crippen molar-refractivity contribution < 1.29 is 17.6 Å². The second kappa shape index (κ2) is 3.57. The molecule has 0 heterocycles. The van der Waals surface area contributed by atoms with E-state index in [1.807, 2.05) is 0 Å². The molecule has 1 aromatic rings. The quantitative estimate of drug-likeness (QED) is 0.502. The van der Waals surface area contributed by atoms with Crippen LogP contribution in [0.25, 0.3) is 0 Å². The van der Waals surface area contributed by atoms with E-state index in [9.17, 15) is 17.6 Å². The molecule has 0 aromatic heterocycles. The van der Waals surface area contributed by atoms with Crippen LogP contribution in [0.15, 0.2) is 23.1 Å². The Hall–Kier alpha value is -0.710. The van der Waals surface area contributed by atoms with Gasteiger partial charge >= 0.3 is 5.51 Å². The van der Waals surface area contributed by atoms with Gasteiger partial charge in [0.1, 0.15) is 5.82 Å². The first-order chi connectivity index (χ1) is 5.90. The van der Waals surface area contributed by atoms with Crippen molar-refractivity contribution in [1.29, 1.82) is 0 Å². The van der Waals surface area contributed by atoms with Gasteiger partial charge in [-0.05, 0) is 30.3 Å². The van der Waals surface area contributed by atoms with Gasteiger partial charge in [0, 0.05) is 0 Å². The normalized spacial score (nSPS) is 11.8. The monoisotopic (exact) mass is 209 g/mol. The van der Waals surface area contributed by atoms with Crippen molar-refractivity contribution in [2.24, 2.45) is 0 Å². The largest absolute Gasteiger partial charge is 0.446 e. The maximum Gasteiger partial charge on any atom is 0.446 e. The summed E-state index contributed by atoms with van der Waals surface area (Å²) in [5.41, 5.74) is -4.50. The molecule has 1 radical (unpaired) electrons. The SMILES string of the molecule is [CH2]c1cccc(SC(F)(F)F)c1F. The third-order valence-electron chi connectivity index (χ3n) is 1.27. The molecule has 0 aliphatic rings. The minimum absolute atomic E-state index is 0.0331. The van der Waals surface area contributed by atoms with Crippen molar-refractivity contribution in [2.75, 3.05) is 0 Å². The van der Waals surface area contributed by atoms with Gasteiger partial charge in [0.05, 0.1) is 4.90 Å². The minimum Gasteiger partial charge on any atom is -0.205 e. The third-order valence-corrected chi connectivity index (χ3v) is 2.04. The second-order valence-electron chi connectivity index (χ2n) is 2.28. The predicted octanol–water partition coefficient (Wildman–Crippen LogP) is 3.62. The zero-order valence-corrected chi connectivity index (χ0v) is 7.18. The van der Waals surface area contributed by atoms with Crippen LogP contribution in [0.3, 0.4) is 0 Å². The number of thioether (sulfide) groups is 1. The summed E-state index contributed by atoms with van der Waals surface area (Å²) in [4.78, 5) is -0.444. The topological polar surface area (TPSA) is 0 Å². The second-order valence-corrected chi connectivity index (χ2v) is 3.38. The molecule has 0 atom stereocenters. The highest BCUT2D eigenvalue weighted by molar-refractivity contribution is 8.00. The van der Waals surface area contributed by atoms with Gasteiger partial charge in [-0.25, -0.2) is 4.39 Å². The van der Waals surface area contributed by atoms with Gasteiger partial charge in [0.15, 0.2) is 0 Å². The van der Waals surface area contributed by atoms with E-state index in [4.69, 9.17) is 0 Å². The van der Waals surface area contributed by atoms with Crippen LogP contribution in [0.5, 0.6) is 0 Å². The summed E-state index contributed by atoms with van der Waals surface area (Å²) in [5, 5.41) is 0. The molecule has 13 heavy (non-hydrogen) atoms. The summed E-state index contributed by atoms with van der Waals surface area (Å²) in [7, 11) is 0. The summed E-state index contributed by atoms with van der Waals surface area (Å²) < 4.78 is 48.4. The molecule has 1 aromatic carbocycles. The molecule has 0 bridgehead atoms. The molecule has 0 aliphatic carbocycles. The Morgan fingerprint density at radius 3 is 2.38 bits per heavy atom. The molecule has 71 valence electrons. The Labute approximate surface area is 76.9 Å². The molecule has 0 saturated carbocycles. The lowest BCUT2D eigenvalue weighted by molar-refractivity contribution is -0.0329. The molecule has 0 unspecified atom stereocenters. The van der Waals surface area contributed by atoms with Gasteiger partial charge in [-0.15, -0.1) is 0 Å².